The molecule has 3 aromatic rings. The molecule has 39 heavy (non-hydrogen) atoms. The van der Waals surface area contributed by atoms with E-state index in [0.717, 1.165) is 10.9 Å². The molecule has 0 saturated heterocycles. The Morgan fingerprint density at radius 1 is 1.15 bits per heavy atom. The van der Waals surface area contributed by atoms with Crippen LogP contribution in [0, 0.1) is 0 Å². The molecule has 3 N–H and O–H groups in total. The fourth-order valence-corrected chi connectivity index (χ4v) is 6.46. The smallest absolute Gasteiger partial charge is 0.340 e. The molecule has 4 heterocycles. The number of esters is 1. The van der Waals surface area contributed by atoms with E-state index >= 15 is 0 Å². The SMILES string of the molecule is CCS(=O)(=O)[C@H]1C[C@@H](Oc2ncc(C(C)(C)N)c3cc(Nc4ccc5c(n4)[C@@H](C)C(C)(C)OC5=O)ncc23)C1. The van der Waals surface area contributed by atoms with E-state index in [1.807, 2.05) is 40.7 Å². The van der Waals surface area contributed by atoms with E-state index < -0.39 is 21.0 Å². The minimum Gasteiger partial charge on any atom is -0.474 e. The van der Waals surface area contributed by atoms with Crippen molar-refractivity contribution in [3.8, 4) is 5.88 Å². The number of nitrogens with one attached hydrogen (secondary N) is 1. The number of anilines is 2. The van der Waals surface area contributed by atoms with E-state index in [-0.39, 0.29) is 29.0 Å². The van der Waals surface area contributed by atoms with Gasteiger partial charge in [0.1, 0.15) is 23.3 Å². The third kappa shape index (κ3) is 5.05. The van der Waals surface area contributed by atoms with Gasteiger partial charge >= 0.3 is 5.97 Å². The molecule has 208 valence electrons. The Kier molecular flexibility index (Phi) is 6.58. The van der Waals surface area contributed by atoms with Crippen LogP contribution < -0.4 is 15.8 Å². The second-order valence-corrected chi connectivity index (χ2v) is 14.1. The number of pyridine rings is 3. The third-order valence-electron chi connectivity index (χ3n) is 7.88. The maximum atomic E-state index is 12.5. The number of rotatable bonds is 7. The Bertz CT molecular complexity index is 1560. The lowest BCUT2D eigenvalue weighted by molar-refractivity contribution is -0.0189. The second kappa shape index (κ2) is 9.41. The minimum absolute atomic E-state index is 0.0923. The van der Waals surface area contributed by atoms with Gasteiger partial charge in [-0.25, -0.2) is 28.2 Å². The normalized spacial score (nSPS) is 22.5. The maximum Gasteiger partial charge on any atom is 0.340 e. The number of hydrogen-bond acceptors (Lipinski definition) is 10. The van der Waals surface area contributed by atoms with Crippen LogP contribution in [-0.2, 0) is 20.1 Å². The summed E-state index contributed by atoms with van der Waals surface area (Å²) in [5.74, 6) is 1.15. The van der Waals surface area contributed by atoms with Crippen LogP contribution in [0.4, 0.5) is 11.6 Å². The summed E-state index contributed by atoms with van der Waals surface area (Å²) in [6, 6.07) is 5.32. The molecule has 0 spiro atoms. The van der Waals surface area contributed by atoms with E-state index in [1.165, 1.54) is 0 Å². The lowest BCUT2D eigenvalue weighted by atomic mass is 9.84. The molecule has 10 nitrogen and oxygen atoms in total. The summed E-state index contributed by atoms with van der Waals surface area (Å²) in [4.78, 5) is 26.3. The Balaban J connectivity index is 1.46. The average Bonchev–Trinajstić information content (AvgIpc) is 2.83. The number of hydrogen-bond donors (Lipinski definition) is 2. The third-order valence-corrected chi connectivity index (χ3v) is 10.1. The predicted molar refractivity (Wildman–Crippen MR) is 149 cm³/mol. The molecule has 1 aliphatic carbocycles. The standard InChI is InChI=1S/C28H35N5O5S/c1-7-39(35,36)17-10-16(11-17)37-25-20-13-30-23(12-19(20)21(14-31-25)27(3,4)29)32-22-9-8-18-24(33-22)15(2)28(5,6)38-26(18)34/h8-9,12-17H,7,10-11,29H2,1-6H3,(H,30,32,33)/t15-,16-,17+/m1/s1. The van der Waals surface area contributed by atoms with Gasteiger partial charge in [0.15, 0.2) is 9.84 Å². The molecule has 0 radical (unpaired) electrons. The fourth-order valence-electron chi connectivity index (χ4n) is 4.98. The molecule has 5 rings (SSSR count). The van der Waals surface area contributed by atoms with Gasteiger partial charge in [0.05, 0.1) is 21.9 Å². The highest BCUT2D eigenvalue weighted by atomic mass is 32.2. The van der Waals surface area contributed by atoms with Gasteiger partial charge in [0.2, 0.25) is 5.88 Å². The van der Waals surface area contributed by atoms with Crippen molar-refractivity contribution >= 4 is 38.2 Å². The summed E-state index contributed by atoms with van der Waals surface area (Å²) in [5, 5.41) is 4.40. The van der Waals surface area contributed by atoms with Crippen molar-refractivity contribution in [2.24, 2.45) is 5.73 Å². The summed E-state index contributed by atoms with van der Waals surface area (Å²) in [7, 11) is -3.08. The molecule has 1 saturated carbocycles. The Labute approximate surface area is 228 Å². The number of sulfone groups is 1. The van der Waals surface area contributed by atoms with Crippen LogP contribution in [0.2, 0.25) is 0 Å². The number of nitrogens with two attached hydrogens (primary N) is 1. The molecule has 0 amide bonds. The van der Waals surface area contributed by atoms with Crippen LogP contribution in [0.5, 0.6) is 5.88 Å². The van der Waals surface area contributed by atoms with E-state index in [2.05, 4.69) is 15.3 Å². The largest absolute Gasteiger partial charge is 0.474 e. The van der Waals surface area contributed by atoms with E-state index in [4.69, 9.17) is 20.2 Å². The monoisotopic (exact) mass is 553 g/mol. The van der Waals surface area contributed by atoms with Crippen LogP contribution in [0.25, 0.3) is 10.8 Å². The predicted octanol–water partition coefficient (Wildman–Crippen LogP) is 4.36. The molecule has 1 aliphatic heterocycles. The molecule has 1 atom stereocenters. The summed E-state index contributed by atoms with van der Waals surface area (Å²) in [5.41, 5.74) is 7.08. The van der Waals surface area contributed by atoms with Crippen LogP contribution in [0.15, 0.2) is 30.6 Å². The van der Waals surface area contributed by atoms with Gasteiger partial charge in [0, 0.05) is 42.4 Å². The average molecular weight is 554 g/mol. The van der Waals surface area contributed by atoms with E-state index in [9.17, 15) is 13.2 Å². The first kappa shape index (κ1) is 27.3. The highest BCUT2D eigenvalue weighted by molar-refractivity contribution is 7.92. The van der Waals surface area contributed by atoms with Crippen molar-refractivity contribution < 1.29 is 22.7 Å². The first-order valence-electron chi connectivity index (χ1n) is 13.2. The molecule has 2 aliphatic rings. The summed E-state index contributed by atoms with van der Waals surface area (Å²) < 4.78 is 36.0. The lowest BCUT2D eigenvalue weighted by Gasteiger charge is -2.36. The van der Waals surface area contributed by atoms with Gasteiger partial charge in [0.25, 0.3) is 0 Å². The van der Waals surface area contributed by atoms with Crippen LogP contribution >= 0.6 is 0 Å². The molecule has 0 unspecified atom stereocenters. The van der Waals surface area contributed by atoms with Crippen molar-refractivity contribution in [2.75, 3.05) is 11.1 Å². The van der Waals surface area contributed by atoms with Crippen molar-refractivity contribution in [3.63, 3.8) is 0 Å². The number of ether oxygens (including phenoxy) is 2. The highest BCUT2D eigenvalue weighted by Crippen LogP contribution is 2.39. The number of carbonyl (C=O) groups is 1. The molecule has 0 bridgehead atoms. The second-order valence-electron chi connectivity index (χ2n) is 11.6. The molecule has 3 aromatic heterocycles. The summed E-state index contributed by atoms with van der Waals surface area (Å²) in [6.07, 6.45) is 4.05. The number of cyclic esters (lactones) is 1. The topological polar surface area (TPSA) is 146 Å². The van der Waals surface area contributed by atoms with Crippen LogP contribution in [0.3, 0.4) is 0 Å². The van der Waals surface area contributed by atoms with Gasteiger partial charge in [-0.3, -0.25) is 0 Å². The molecule has 1 fully saturated rings. The molecular weight excluding hydrogens is 518 g/mol. The van der Waals surface area contributed by atoms with Crippen LogP contribution in [0.1, 0.15) is 81.9 Å². The number of nitrogens with zero attached hydrogens (tertiary/aromatic N) is 3. The molecule has 11 heteroatoms. The Morgan fingerprint density at radius 2 is 1.87 bits per heavy atom. The molecule has 0 aromatic carbocycles. The quantitative estimate of drug-likeness (QED) is 0.405. The first-order chi connectivity index (χ1) is 18.2. The zero-order valence-electron chi connectivity index (χ0n) is 23.1. The Hall–Kier alpha value is -3.31. The van der Waals surface area contributed by atoms with Crippen molar-refractivity contribution in [1.29, 1.82) is 0 Å². The summed E-state index contributed by atoms with van der Waals surface area (Å²) >= 11 is 0. The molecular formula is C28H35N5O5S. The zero-order chi connectivity index (χ0) is 28.3. The van der Waals surface area contributed by atoms with Gasteiger partial charge in [-0.2, -0.15) is 0 Å². The van der Waals surface area contributed by atoms with Gasteiger partial charge in [-0.05, 0) is 56.8 Å². The maximum absolute atomic E-state index is 12.5. The Morgan fingerprint density at radius 3 is 2.54 bits per heavy atom. The van der Waals surface area contributed by atoms with E-state index in [1.54, 1.807) is 31.5 Å². The number of aromatic nitrogens is 3. The first-order valence-corrected chi connectivity index (χ1v) is 14.9. The van der Waals surface area contributed by atoms with E-state index in [0.29, 0.717) is 47.0 Å². The number of carbonyl (C=O) groups excluding carboxylic acids is 1. The van der Waals surface area contributed by atoms with Crippen molar-refractivity contribution in [1.82, 2.24) is 15.0 Å². The van der Waals surface area contributed by atoms with Crippen molar-refractivity contribution in [2.45, 2.75) is 82.8 Å². The van der Waals surface area contributed by atoms with Crippen molar-refractivity contribution in [3.05, 3.63) is 47.4 Å². The highest BCUT2D eigenvalue weighted by Gasteiger charge is 2.41. The van der Waals surface area contributed by atoms with Gasteiger partial charge in [-0.15, -0.1) is 0 Å². The number of fused-ring (bicyclic) bond motifs is 2. The minimum atomic E-state index is -3.08. The zero-order valence-corrected chi connectivity index (χ0v) is 23.9. The van der Waals surface area contributed by atoms with Crippen LogP contribution in [-0.4, -0.2) is 52.0 Å². The van der Waals surface area contributed by atoms with Gasteiger partial charge in [-0.1, -0.05) is 13.8 Å². The fraction of sp³-hybridized carbons (Fsp3) is 0.500. The van der Waals surface area contributed by atoms with Gasteiger partial charge < -0.3 is 20.5 Å². The lowest BCUT2D eigenvalue weighted by Crippen LogP contribution is -2.43. The summed E-state index contributed by atoms with van der Waals surface area (Å²) in [6.45, 7) is 11.2.